The van der Waals surface area contributed by atoms with Crippen molar-refractivity contribution < 1.29 is 0 Å². The summed E-state index contributed by atoms with van der Waals surface area (Å²) in [5.74, 6) is 0.813. The number of nitrogens with zero attached hydrogens (tertiary/aromatic N) is 1. The number of hydrogen-bond acceptors (Lipinski definition) is 2. The molecule has 2 nitrogen and oxygen atoms in total. The molecular formula is C14H30N2. The molecule has 0 bridgehead atoms. The molecule has 2 heteroatoms. The molecule has 0 aromatic carbocycles. The zero-order valence-electron chi connectivity index (χ0n) is 11.7. The van der Waals surface area contributed by atoms with Gasteiger partial charge in [0.2, 0.25) is 0 Å². The van der Waals surface area contributed by atoms with Crippen LogP contribution in [0.25, 0.3) is 0 Å². The fourth-order valence-corrected chi connectivity index (χ4v) is 2.98. The van der Waals surface area contributed by atoms with Crippen LogP contribution in [0, 0.1) is 5.92 Å². The first-order valence-corrected chi connectivity index (χ1v) is 7.02. The second-order valence-electron chi connectivity index (χ2n) is 5.74. The lowest BCUT2D eigenvalue weighted by Gasteiger charge is -2.48. The Labute approximate surface area is 102 Å². The number of unbranched alkanes of at least 4 members (excludes halogenated alkanes) is 2. The Morgan fingerprint density at radius 1 is 1.31 bits per heavy atom. The van der Waals surface area contributed by atoms with Crippen LogP contribution < -0.4 is 5.32 Å². The predicted octanol–water partition coefficient (Wildman–Crippen LogP) is 2.89. The zero-order valence-corrected chi connectivity index (χ0v) is 11.7. The van der Waals surface area contributed by atoms with E-state index in [9.17, 15) is 0 Å². The van der Waals surface area contributed by atoms with Crippen LogP contribution in [0.4, 0.5) is 0 Å². The maximum atomic E-state index is 3.35. The van der Waals surface area contributed by atoms with Crippen LogP contribution in [-0.2, 0) is 0 Å². The fraction of sp³-hybridized carbons (Fsp3) is 1.00. The molecule has 0 radical (unpaired) electrons. The molecule has 1 saturated heterocycles. The summed E-state index contributed by atoms with van der Waals surface area (Å²) in [6.07, 6.45) is 6.84. The lowest BCUT2D eigenvalue weighted by Crippen LogP contribution is -2.55. The Hall–Kier alpha value is -0.0800. The highest BCUT2D eigenvalue weighted by Crippen LogP contribution is 2.33. The maximum absolute atomic E-state index is 3.35. The summed E-state index contributed by atoms with van der Waals surface area (Å²) in [4.78, 5) is 2.72. The van der Waals surface area contributed by atoms with Gasteiger partial charge in [-0.15, -0.1) is 0 Å². The molecule has 1 rings (SSSR count). The van der Waals surface area contributed by atoms with Crippen molar-refractivity contribution in [3.8, 4) is 0 Å². The van der Waals surface area contributed by atoms with Crippen LogP contribution >= 0.6 is 0 Å². The first-order chi connectivity index (χ1) is 7.62. The number of nitrogens with one attached hydrogen (secondary N) is 1. The highest BCUT2D eigenvalue weighted by atomic mass is 15.2. The summed E-state index contributed by atoms with van der Waals surface area (Å²) in [5.41, 5.74) is 0.384. The van der Waals surface area contributed by atoms with Gasteiger partial charge in [0.05, 0.1) is 0 Å². The van der Waals surface area contributed by atoms with Gasteiger partial charge in [0.15, 0.2) is 0 Å². The fourth-order valence-electron chi connectivity index (χ4n) is 2.98. The zero-order chi connectivity index (χ0) is 12.0. The Morgan fingerprint density at radius 2 is 2.06 bits per heavy atom. The smallest absolute Gasteiger partial charge is 0.0193 e. The van der Waals surface area contributed by atoms with E-state index in [4.69, 9.17) is 0 Å². The molecule has 1 heterocycles. The van der Waals surface area contributed by atoms with Crippen LogP contribution in [0.3, 0.4) is 0 Å². The van der Waals surface area contributed by atoms with Crippen molar-refractivity contribution in [2.75, 3.05) is 26.7 Å². The number of hydrogen-bond donors (Lipinski definition) is 1. The Balaban J connectivity index is 2.48. The van der Waals surface area contributed by atoms with Gasteiger partial charge in [-0.2, -0.15) is 0 Å². The molecule has 0 aliphatic carbocycles. The topological polar surface area (TPSA) is 15.3 Å². The van der Waals surface area contributed by atoms with Crippen LogP contribution in [0.5, 0.6) is 0 Å². The number of piperidine rings is 1. The number of rotatable bonds is 6. The van der Waals surface area contributed by atoms with E-state index in [0.29, 0.717) is 5.54 Å². The molecule has 1 aliphatic rings. The van der Waals surface area contributed by atoms with Gasteiger partial charge >= 0.3 is 0 Å². The minimum atomic E-state index is 0.384. The standard InChI is InChI=1S/C14H30N2/c1-5-6-7-10-16-11-8-9-13(12-15-4)14(16,2)3/h13,15H,5-12H2,1-4H3. The third-order valence-electron chi connectivity index (χ3n) is 4.28. The summed E-state index contributed by atoms with van der Waals surface area (Å²) in [7, 11) is 2.08. The van der Waals surface area contributed by atoms with Gasteiger partial charge in [0.25, 0.3) is 0 Å². The van der Waals surface area contributed by atoms with Crippen molar-refractivity contribution in [1.82, 2.24) is 10.2 Å². The van der Waals surface area contributed by atoms with Gasteiger partial charge in [-0.25, -0.2) is 0 Å². The van der Waals surface area contributed by atoms with Gasteiger partial charge in [-0.05, 0) is 65.7 Å². The van der Waals surface area contributed by atoms with Crippen LogP contribution in [-0.4, -0.2) is 37.1 Å². The normalized spacial score (nSPS) is 25.9. The molecule has 0 saturated carbocycles. The van der Waals surface area contributed by atoms with Crippen molar-refractivity contribution >= 4 is 0 Å². The van der Waals surface area contributed by atoms with Crippen molar-refractivity contribution in [2.45, 2.75) is 58.4 Å². The Bertz CT molecular complexity index is 187. The second-order valence-corrected chi connectivity index (χ2v) is 5.74. The molecule has 0 amide bonds. The van der Waals surface area contributed by atoms with Gasteiger partial charge in [-0.3, -0.25) is 4.90 Å². The van der Waals surface area contributed by atoms with Crippen molar-refractivity contribution in [3.63, 3.8) is 0 Å². The van der Waals surface area contributed by atoms with Crippen LogP contribution in [0.1, 0.15) is 52.9 Å². The molecule has 1 fully saturated rings. The highest BCUT2D eigenvalue weighted by molar-refractivity contribution is 4.93. The molecule has 0 aromatic heterocycles. The van der Waals surface area contributed by atoms with E-state index in [1.54, 1.807) is 0 Å². The van der Waals surface area contributed by atoms with E-state index in [0.717, 1.165) is 12.5 Å². The van der Waals surface area contributed by atoms with Crippen LogP contribution in [0.15, 0.2) is 0 Å². The lowest BCUT2D eigenvalue weighted by atomic mass is 9.79. The largest absolute Gasteiger partial charge is 0.319 e. The summed E-state index contributed by atoms with van der Waals surface area (Å²) in [6, 6.07) is 0. The van der Waals surface area contributed by atoms with E-state index in [-0.39, 0.29) is 0 Å². The lowest BCUT2D eigenvalue weighted by molar-refractivity contribution is 0.0217. The quantitative estimate of drug-likeness (QED) is 0.701. The molecular weight excluding hydrogens is 196 g/mol. The summed E-state index contributed by atoms with van der Waals surface area (Å²) >= 11 is 0. The SMILES string of the molecule is CCCCCN1CCCC(CNC)C1(C)C. The van der Waals surface area contributed by atoms with Gasteiger partial charge in [0, 0.05) is 5.54 Å². The second kappa shape index (κ2) is 6.61. The van der Waals surface area contributed by atoms with Gasteiger partial charge in [0.1, 0.15) is 0 Å². The van der Waals surface area contributed by atoms with Crippen molar-refractivity contribution in [2.24, 2.45) is 5.92 Å². The van der Waals surface area contributed by atoms with Gasteiger partial charge in [-0.1, -0.05) is 19.8 Å². The van der Waals surface area contributed by atoms with E-state index < -0.39 is 0 Å². The molecule has 0 aromatic rings. The average Bonchev–Trinajstić information content (AvgIpc) is 2.24. The monoisotopic (exact) mass is 226 g/mol. The molecule has 0 spiro atoms. The molecule has 1 atom stereocenters. The third-order valence-corrected chi connectivity index (χ3v) is 4.28. The van der Waals surface area contributed by atoms with E-state index in [1.165, 1.54) is 45.2 Å². The minimum Gasteiger partial charge on any atom is -0.319 e. The molecule has 1 aliphatic heterocycles. The molecule has 1 N–H and O–H groups in total. The highest BCUT2D eigenvalue weighted by Gasteiger charge is 2.37. The summed E-state index contributed by atoms with van der Waals surface area (Å²) in [5, 5.41) is 3.35. The first-order valence-electron chi connectivity index (χ1n) is 7.02. The summed E-state index contributed by atoms with van der Waals surface area (Å²) < 4.78 is 0. The molecule has 1 unspecified atom stereocenters. The average molecular weight is 226 g/mol. The maximum Gasteiger partial charge on any atom is 0.0193 e. The third kappa shape index (κ3) is 3.46. The van der Waals surface area contributed by atoms with Crippen molar-refractivity contribution in [3.05, 3.63) is 0 Å². The molecule has 16 heavy (non-hydrogen) atoms. The summed E-state index contributed by atoms with van der Waals surface area (Å²) in [6.45, 7) is 10.9. The van der Waals surface area contributed by atoms with E-state index >= 15 is 0 Å². The Kier molecular flexibility index (Phi) is 5.77. The Morgan fingerprint density at radius 3 is 2.69 bits per heavy atom. The minimum absolute atomic E-state index is 0.384. The first kappa shape index (κ1) is 14.0. The van der Waals surface area contributed by atoms with E-state index in [2.05, 4.69) is 38.0 Å². The predicted molar refractivity (Wildman–Crippen MR) is 71.8 cm³/mol. The van der Waals surface area contributed by atoms with Gasteiger partial charge < -0.3 is 5.32 Å². The molecule has 96 valence electrons. The van der Waals surface area contributed by atoms with Crippen molar-refractivity contribution in [1.29, 1.82) is 0 Å². The van der Waals surface area contributed by atoms with Crippen LogP contribution in [0.2, 0.25) is 0 Å². The number of likely N-dealkylation sites (tertiary alicyclic amines) is 1. The van der Waals surface area contributed by atoms with E-state index in [1.807, 2.05) is 0 Å².